The summed E-state index contributed by atoms with van der Waals surface area (Å²) in [4.78, 5) is 0. The lowest BCUT2D eigenvalue weighted by Gasteiger charge is -2.12. The van der Waals surface area contributed by atoms with Crippen molar-refractivity contribution in [2.45, 2.75) is 26.7 Å². The van der Waals surface area contributed by atoms with Crippen molar-refractivity contribution in [3.05, 3.63) is 23.6 Å². The SMILES string of the molecule is CCC1=CCC(C)C=C1F. The molecule has 1 aliphatic rings. The van der Waals surface area contributed by atoms with Gasteiger partial charge in [0.1, 0.15) is 5.83 Å². The van der Waals surface area contributed by atoms with E-state index in [1.54, 1.807) is 6.08 Å². The summed E-state index contributed by atoms with van der Waals surface area (Å²) in [5, 5.41) is 0. The van der Waals surface area contributed by atoms with E-state index in [0.29, 0.717) is 5.92 Å². The molecular formula is C9H13F. The molecule has 1 rings (SSSR count). The summed E-state index contributed by atoms with van der Waals surface area (Å²) < 4.78 is 12.9. The van der Waals surface area contributed by atoms with Crippen molar-refractivity contribution >= 4 is 0 Å². The molecule has 0 fully saturated rings. The maximum atomic E-state index is 12.9. The molecule has 10 heavy (non-hydrogen) atoms. The van der Waals surface area contributed by atoms with Crippen LogP contribution >= 0.6 is 0 Å². The van der Waals surface area contributed by atoms with Gasteiger partial charge in [0.05, 0.1) is 0 Å². The Morgan fingerprint density at radius 3 is 2.90 bits per heavy atom. The number of allylic oxidation sites excluding steroid dienone is 4. The molecule has 0 bridgehead atoms. The van der Waals surface area contributed by atoms with Gasteiger partial charge in [0.25, 0.3) is 0 Å². The van der Waals surface area contributed by atoms with Gasteiger partial charge in [-0.2, -0.15) is 0 Å². The monoisotopic (exact) mass is 140 g/mol. The molecule has 0 amide bonds. The van der Waals surface area contributed by atoms with Crippen molar-refractivity contribution < 1.29 is 4.39 Å². The van der Waals surface area contributed by atoms with Crippen LogP contribution in [-0.2, 0) is 0 Å². The third-order valence-corrected chi connectivity index (χ3v) is 1.85. The molecule has 0 aliphatic heterocycles. The predicted molar refractivity (Wildman–Crippen MR) is 41.3 cm³/mol. The van der Waals surface area contributed by atoms with Gasteiger partial charge in [0, 0.05) is 0 Å². The summed E-state index contributed by atoms with van der Waals surface area (Å²) in [7, 11) is 0. The van der Waals surface area contributed by atoms with Crippen LogP contribution in [0.1, 0.15) is 26.7 Å². The second-order valence-electron chi connectivity index (χ2n) is 2.81. The minimum Gasteiger partial charge on any atom is -0.207 e. The summed E-state index contributed by atoms with van der Waals surface area (Å²) in [5.41, 5.74) is 0.873. The number of hydrogen-bond donors (Lipinski definition) is 0. The lowest BCUT2D eigenvalue weighted by atomic mass is 9.96. The smallest absolute Gasteiger partial charge is 0.122 e. The van der Waals surface area contributed by atoms with Crippen molar-refractivity contribution in [2.24, 2.45) is 5.92 Å². The maximum Gasteiger partial charge on any atom is 0.122 e. The van der Waals surface area contributed by atoms with Crippen molar-refractivity contribution in [3.63, 3.8) is 0 Å². The third-order valence-electron chi connectivity index (χ3n) is 1.85. The van der Waals surface area contributed by atoms with E-state index in [0.717, 1.165) is 18.4 Å². The fourth-order valence-corrected chi connectivity index (χ4v) is 1.16. The molecule has 0 aromatic carbocycles. The summed E-state index contributed by atoms with van der Waals surface area (Å²) in [6, 6.07) is 0. The zero-order valence-electron chi connectivity index (χ0n) is 6.52. The second-order valence-corrected chi connectivity index (χ2v) is 2.81. The van der Waals surface area contributed by atoms with Crippen molar-refractivity contribution in [3.8, 4) is 0 Å². The summed E-state index contributed by atoms with van der Waals surface area (Å²) >= 11 is 0. The Hall–Kier alpha value is -0.590. The molecule has 0 saturated heterocycles. The lowest BCUT2D eigenvalue weighted by Crippen LogP contribution is -1.97. The molecule has 0 nitrogen and oxygen atoms in total. The van der Waals surface area contributed by atoms with Gasteiger partial charge in [-0.15, -0.1) is 0 Å². The van der Waals surface area contributed by atoms with Crippen molar-refractivity contribution in [1.29, 1.82) is 0 Å². The molecule has 0 aromatic rings. The molecule has 56 valence electrons. The number of rotatable bonds is 1. The quantitative estimate of drug-likeness (QED) is 0.524. The van der Waals surface area contributed by atoms with Gasteiger partial charge in [-0.1, -0.05) is 19.9 Å². The molecular weight excluding hydrogens is 127 g/mol. The first-order valence-electron chi connectivity index (χ1n) is 3.80. The topological polar surface area (TPSA) is 0 Å². The molecule has 0 aromatic heterocycles. The van der Waals surface area contributed by atoms with E-state index >= 15 is 0 Å². The van der Waals surface area contributed by atoms with Crippen LogP contribution in [0, 0.1) is 5.92 Å². The first-order chi connectivity index (χ1) is 4.74. The number of hydrogen-bond acceptors (Lipinski definition) is 0. The van der Waals surface area contributed by atoms with E-state index in [1.165, 1.54) is 0 Å². The third kappa shape index (κ3) is 1.47. The van der Waals surface area contributed by atoms with Crippen LogP contribution in [-0.4, -0.2) is 0 Å². The van der Waals surface area contributed by atoms with E-state index in [2.05, 4.69) is 0 Å². The van der Waals surface area contributed by atoms with Crippen LogP contribution in [0.2, 0.25) is 0 Å². The summed E-state index contributed by atoms with van der Waals surface area (Å²) in [5.74, 6) is 0.372. The zero-order chi connectivity index (χ0) is 7.56. The van der Waals surface area contributed by atoms with Gasteiger partial charge >= 0.3 is 0 Å². The van der Waals surface area contributed by atoms with E-state index in [4.69, 9.17) is 0 Å². The average molecular weight is 140 g/mol. The summed E-state index contributed by atoms with van der Waals surface area (Å²) in [6.07, 6.45) is 5.52. The van der Waals surface area contributed by atoms with Crippen LogP contribution in [0.15, 0.2) is 23.6 Å². The van der Waals surface area contributed by atoms with E-state index in [9.17, 15) is 4.39 Å². The minimum atomic E-state index is -0.0127. The molecule has 0 radical (unpaired) electrons. The maximum absolute atomic E-state index is 12.9. The van der Waals surface area contributed by atoms with Crippen LogP contribution in [0.4, 0.5) is 4.39 Å². The normalized spacial score (nSPS) is 25.7. The highest BCUT2D eigenvalue weighted by atomic mass is 19.1. The first kappa shape index (κ1) is 7.52. The van der Waals surface area contributed by atoms with Gasteiger partial charge in [-0.05, 0) is 30.4 Å². The van der Waals surface area contributed by atoms with Crippen LogP contribution in [0.3, 0.4) is 0 Å². The first-order valence-corrected chi connectivity index (χ1v) is 3.80. The fourth-order valence-electron chi connectivity index (χ4n) is 1.16. The van der Waals surface area contributed by atoms with Crippen LogP contribution < -0.4 is 0 Å². The van der Waals surface area contributed by atoms with E-state index in [-0.39, 0.29) is 5.83 Å². The van der Waals surface area contributed by atoms with E-state index < -0.39 is 0 Å². The highest BCUT2D eigenvalue weighted by molar-refractivity contribution is 5.28. The minimum absolute atomic E-state index is 0.0127. The van der Waals surface area contributed by atoms with Gasteiger partial charge < -0.3 is 0 Å². The Morgan fingerprint density at radius 2 is 2.40 bits per heavy atom. The Bertz CT molecular complexity index is 177. The lowest BCUT2D eigenvalue weighted by molar-refractivity contribution is 0.592. The molecule has 1 atom stereocenters. The predicted octanol–water partition coefficient (Wildman–Crippen LogP) is 3.22. The standard InChI is InChI=1S/C9H13F/c1-3-8-5-4-7(2)6-9(8)10/h5-7H,3-4H2,1-2H3. The Labute approximate surface area is 61.4 Å². The highest BCUT2D eigenvalue weighted by Crippen LogP contribution is 2.25. The van der Waals surface area contributed by atoms with Gasteiger partial charge in [0.15, 0.2) is 0 Å². The zero-order valence-corrected chi connectivity index (χ0v) is 6.52. The van der Waals surface area contributed by atoms with Crippen molar-refractivity contribution in [2.75, 3.05) is 0 Å². The molecule has 0 heterocycles. The number of halogens is 1. The fraction of sp³-hybridized carbons (Fsp3) is 0.556. The molecule has 1 aliphatic carbocycles. The molecule has 0 spiro atoms. The Kier molecular flexibility index (Phi) is 2.25. The molecule has 0 N–H and O–H groups in total. The molecule has 1 heteroatoms. The van der Waals surface area contributed by atoms with Crippen LogP contribution in [0.5, 0.6) is 0 Å². The van der Waals surface area contributed by atoms with Crippen molar-refractivity contribution in [1.82, 2.24) is 0 Å². The Morgan fingerprint density at radius 1 is 1.70 bits per heavy atom. The largest absolute Gasteiger partial charge is 0.207 e. The van der Waals surface area contributed by atoms with Gasteiger partial charge in [0.2, 0.25) is 0 Å². The summed E-state index contributed by atoms with van der Waals surface area (Å²) in [6.45, 7) is 4.01. The molecule has 0 saturated carbocycles. The van der Waals surface area contributed by atoms with E-state index in [1.807, 2.05) is 19.9 Å². The highest BCUT2D eigenvalue weighted by Gasteiger charge is 2.09. The van der Waals surface area contributed by atoms with Gasteiger partial charge in [-0.25, -0.2) is 4.39 Å². The van der Waals surface area contributed by atoms with Gasteiger partial charge in [-0.3, -0.25) is 0 Å². The second kappa shape index (κ2) is 3.00. The molecule has 1 unspecified atom stereocenters. The average Bonchev–Trinajstić information content (AvgIpc) is 1.88. The Balaban J connectivity index is 2.71. The van der Waals surface area contributed by atoms with Crippen LogP contribution in [0.25, 0.3) is 0 Å².